The van der Waals surface area contributed by atoms with Gasteiger partial charge in [-0.25, -0.2) is 14.4 Å². The van der Waals surface area contributed by atoms with Crippen LogP contribution in [0.2, 0.25) is 0 Å². The van der Waals surface area contributed by atoms with Crippen LogP contribution in [0.1, 0.15) is 96.1 Å². The summed E-state index contributed by atoms with van der Waals surface area (Å²) in [6, 6.07) is 15.2. The maximum Gasteiger partial charge on any atom is 0.407 e. The fourth-order valence-electron chi connectivity index (χ4n) is 10.6. The highest BCUT2D eigenvalue weighted by atomic mass is 16.6. The van der Waals surface area contributed by atoms with Crippen LogP contribution in [0, 0.1) is 22.7 Å². The molecule has 2 bridgehead atoms. The number of hydrogen-bond donors (Lipinski definition) is 3. The standard InChI is InChI=1S/C45H57NO13/c1-24(2)56-41(52)46-33(27-16-12-10-13-17-27)34(48)40(51)57-30-23-45(53)38(58-39(50)28-18-14-11-15-19-28)36-43(7,37(49)35(55-9)32(25(30)3)42(45,5)6)31(54-8)22-29-20-21-44(29,36)59-26(4)47/h10-19,24,29-31,33-36,38,48,53H,20-23H2,1-9H3,(H,46,52)/t29-,30+,31+,33+,34-,35-,36?,38?,43-,44+,45-/m1/s1. The number of esters is 3. The summed E-state index contributed by atoms with van der Waals surface area (Å²) in [5.74, 6) is -4.51. The number of methoxy groups -OCH3 is 2. The molecule has 320 valence electrons. The first-order valence-corrected chi connectivity index (χ1v) is 20.2. The topological polar surface area (TPSA) is 193 Å². The molecular weight excluding hydrogens is 762 g/mol. The first kappa shape index (κ1) is 43.9. The summed E-state index contributed by atoms with van der Waals surface area (Å²) in [7, 11) is 2.86. The number of ketones is 1. The van der Waals surface area contributed by atoms with Crippen molar-refractivity contribution < 1.29 is 62.6 Å². The van der Waals surface area contributed by atoms with Crippen LogP contribution in [0.5, 0.6) is 0 Å². The fourth-order valence-corrected chi connectivity index (χ4v) is 10.6. The number of hydrogen-bond acceptors (Lipinski definition) is 13. The van der Waals surface area contributed by atoms with Crippen LogP contribution < -0.4 is 5.32 Å². The van der Waals surface area contributed by atoms with Crippen molar-refractivity contribution >= 4 is 29.8 Å². The Morgan fingerprint density at radius 1 is 0.915 bits per heavy atom. The minimum atomic E-state index is -2.16. The average molecular weight is 820 g/mol. The molecule has 11 atom stereocenters. The van der Waals surface area contributed by atoms with Crippen LogP contribution in [-0.4, -0.2) is 102 Å². The van der Waals surface area contributed by atoms with E-state index in [-0.39, 0.29) is 23.5 Å². The molecule has 0 radical (unpaired) electrons. The van der Waals surface area contributed by atoms with Crippen molar-refractivity contribution in [2.75, 3.05) is 14.2 Å². The Bertz CT molecular complexity index is 1970. The summed E-state index contributed by atoms with van der Waals surface area (Å²) in [5, 5.41) is 27.9. The lowest BCUT2D eigenvalue weighted by molar-refractivity contribution is -0.298. The number of benzene rings is 2. The van der Waals surface area contributed by atoms with Gasteiger partial charge in [0.05, 0.1) is 35.1 Å². The second-order valence-corrected chi connectivity index (χ2v) is 17.4. The highest BCUT2D eigenvalue weighted by Gasteiger charge is 2.77. The van der Waals surface area contributed by atoms with E-state index in [1.54, 1.807) is 102 Å². The van der Waals surface area contributed by atoms with Crippen molar-refractivity contribution in [1.82, 2.24) is 5.32 Å². The number of nitrogens with one attached hydrogen (secondary N) is 1. The van der Waals surface area contributed by atoms with Crippen molar-refractivity contribution in [1.29, 1.82) is 0 Å². The van der Waals surface area contributed by atoms with Crippen molar-refractivity contribution in [2.24, 2.45) is 22.7 Å². The Morgan fingerprint density at radius 3 is 2.08 bits per heavy atom. The smallest absolute Gasteiger partial charge is 0.407 e. The first-order chi connectivity index (χ1) is 27.8. The van der Waals surface area contributed by atoms with Gasteiger partial charge >= 0.3 is 24.0 Å². The molecule has 59 heavy (non-hydrogen) atoms. The Kier molecular flexibility index (Phi) is 12.2. The van der Waals surface area contributed by atoms with E-state index in [2.05, 4.69) is 5.32 Å². The maximum absolute atomic E-state index is 15.6. The van der Waals surface area contributed by atoms with Gasteiger partial charge in [0.1, 0.15) is 29.5 Å². The van der Waals surface area contributed by atoms with Gasteiger partial charge in [-0.1, -0.05) is 62.4 Å². The second kappa shape index (κ2) is 16.4. The molecule has 3 N–H and O–H groups in total. The predicted molar refractivity (Wildman–Crippen MR) is 212 cm³/mol. The van der Waals surface area contributed by atoms with Crippen molar-refractivity contribution in [3.63, 3.8) is 0 Å². The van der Waals surface area contributed by atoms with E-state index in [9.17, 15) is 29.4 Å². The number of rotatable bonds is 11. The highest BCUT2D eigenvalue weighted by Crippen LogP contribution is 2.67. The van der Waals surface area contributed by atoms with Crippen LogP contribution in [0.4, 0.5) is 4.79 Å². The van der Waals surface area contributed by atoms with Gasteiger partial charge in [-0.2, -0.15) is 0 Å². The average Bonchev–Trinajstić information content (AvgIpc) is 3.18. The summed E-state index contributed by atoms with van der Waals surface area (Å²) in [5.41, 5.74) is -5.30. The molecule has 1 amide bonds. The molecule has 0 spiro atoms. The molecule has 0 aromatic heterocycles. The minimum Gasteiger partial charge on any atom is -0.458 e. The first-order valence-electron chi connectivity index (χ1n) is 20.2. The molecule has 4 aliphatic carbocycles. The highest BCUT2D eigenvalue weighted by molar-refractivity contribution is 5.94. The molecule has 6 rings (SSSR count). The molecule has 4 aliphatic rings. The number of alkyl carbamates (subject to hydrolysis) is 1. The van der Waals surface area contributed by atoms with E-state index in [1.165, 1.54) is 21.1 Å². The van der Waals surface area contributed by atoms with Gasteiger partial charge in [0, 0.05) is 38.9 Å². The zero-order valence-corrected chi connectivity index (χ0v) is 35.2. The maximum atomic E-state index is 15.6. The van der Waals surface area contributed by atoms with Gasteiger partial charge in [0.25, 0.3) is 0 Å². The normalized spacial score (nSPS) is 33.1. The Labute approximate surface area is 344 Å². The monoisotopic (exact) mass is 819 g/mol. The molecule has 14 heteroatoms. The van der Waals surface area contributed by atoms with Gasteiger partial charge in [0.15, 0.2) is 11.9 Å². The number of amides is 1. The third-order valence-electron chi connectivity index (χ3n) is 13.6. The lowest BCUT2D eigenvalue weighted by Crippen LogP contribution is -2.78. The van der Waals surface area contributed by atoms with Gasteiger partial charge in [-0.15, -0.1) is 0 Å². The number of carbonyl (C=O) groups is 5. The third-order valence-corrected chi connectivity index (χ3v) is 13.6. The molecule has 2 aromatic carbocycles. The van der Waals surface area contributed by atoms with Crippen molar-refractivity contribution in [3.05, 3.63) is 82.9 Å². The Hall–Kier alpha value is -4.63. The van der Waals surface area contributed by atoms with Gasteiger partial charge in [-0.3, -0.25) is 9.59 Å². The molecule has 3 fully saturated rings. The van der Waals surface area contributed by atoms with E-state index >= 15 is 4.79 Å². The van der Waals surface area contributed by atoms with Gasteiger partial charge in [-0.05, 0) is 75.8 Å². The van der Waals surface area contributed by atoms with Gasteiger partial charge in [0.2, 0.25) is 0 Å². The lowest BCUT2D eigenvalue weighted by Gasteiger charge is -2.68. The van der Waals surface area contributed by atoms with Crippen LogP contribution in [-0.2, 0) is 42.8 Å². The summed E-state index contributed by atoms with van der Waals surface area (Å²) in [6.07, 6.45) is -7.45. The van der Waals surface area contributed by atoms with Crippen LogP contribution in [0.15, 0.2) is 71.8 Å². The number of aliphatic hydroxyl groups is 2. The number of Topliss-reactive ketones (excluding diaryl/α,β-unsaturated/α-hetero) is 1. The molecule has 0 aliphatic heterocycles. The van der Waals surface area contributed by atoms with Crippen molar-refractivity contribution in [2.45, 2.75) is 128 Å². The molecule has 0 heterocycles. The SMILES string of the molecule is CO[C@H]1C(=O)[C@@]2(C)C(C(OC(=O)c3ccccc3)[C@]3(O)C[C@H](OC(=O)[C@H](O)[C@@H](NC(=O)OC(C)C)c4ccccc4)C(C)=C1C3(C)C)[C@]1(OC(C)=O)CC[C@@H]1C[C@@H]2OC. The quantitative estimate of drug-likeness (QED) is 0.153. The fraction of sp³-hybridized carbons (Fsp3) is 0.578. The number of aliphatic hydroxyl groups excluding tert-OH is 1. The minimum absolute atomic E-state index is 0.175. The molecule has 14 nitrogen and oxygen atoms in total. The summed E-state index contributed by atoms with van der Waals surface area (Å²) >= 11 is 0. The molecular formula is C45H57NO13. The summed E-state index contributed by atoms with van der Waals surface area (Å²) < 4.78 is 36.4. The lowest BCUT2D eigenvalue weighted by atomic mass is 9.41. The molecule has 2 unspecified atom stereocenters. The summed E-state index contributed by atoms with van der Waals surface area (Å²) in [4.78, 5) is 69.9. The summed E-state index contributed by atoms with van der Waals surface area (Å²) in [6.45, 7) is 11.4. The van der Waals surface area contributed by atoms with Crippen LogP contribution in [0.25, 0.3) is 0 Å². The van der Waals surface area contributed by atoms with E-state index in [1.807, 2.05) is 0 Å². The largest absolute Gasteiger partial charge is 0.458 e. The Balaban J connectivity index is 1.53. The van der Waals surface area contributed by atoms with Gasteiger partial charge < -0.3 is 44.0 Å². The van der Waals surface area contributed by atoms with E-state index < -0.39 is 100 Å². The van der Waals surface area contributed by atoms with E-state index in [4.69, 9.17) is 28.4 Å². The number of ether oxygens (including phenoxy) is 6. The zero-order chi connectivity index (χ0) is 43.2. The predicted octanol–water partition coefficient (Wildman–Crippen LogP) is 5.19. The second-order valence-electron chi connectivity index (χ2n) is 17.4. The molecule has 3 saturated carbocycles. The van der Waals surface area contributed by atoms with Crippen molar-refractivity contribution in [3.8, 4) is 0 Å². The van der Waals surface area contributed by atoms with Crippen LogP contribution >= 0.6 is 0 Å². The molecule has 0 saturated heterocycles. The Morgan fingerprint density at radius 2 is 1.54 bits per heavy atom. The van der Waals surface area contributed by atoms with Crippen LogP contribution in [0.3, 0.4) is 0 Å². The number of carbonyl (C=O) groups excluding carboxylic acids is 5. The molecule has 2 aromatic rings. The number of fused-ring (bicyclic) bond motifs is 5. The van der Waals surface area contributed by atoms with E-state index in [0.717, 1.165) is 0 Å². The third kappa shape index (κ3) is 7.36. The van der Waals surface area contributed by atoms with E-state index in [0.29, 0.717) is 30.4 Å². The zero-order valence-electron chi connectivity index (χ0n) is 35.2.